The number of aromatic nitrogens is 3. The van der Waals surface area contributed by atoms with Crippen molar-refractivity contribution in [1.82, 2.24) is 15.0 Å². The summed E-state index contributed by atoms with van der Waals surface area (Å²) in [7, 11) is 0. The summed E-state index contributed by atoms with van der Waals surface area (Å²) in [5.74, 6) is 0. The highest BCUT2D eigenvalue weighted by Gasteiger charge is 2.04. The van der Waals surface area contributed by atoms with Gasteiger partial charge in [0.1, 0.15) is 0 Å². The molecule has 0 saturated heterocycles. The molecule has 0 spiro atoms. The highest BCUT2D eigenvalue weighted by atomic mass is 79.9. The molecule has 0 aliphatic rings. The molecule has 0 bridgehead atoms. The predicted molar refractivity (Wildman–Crippen MR) is 43.1 cm³/mol. The summed E-state index contributed by atoms with van der Waals surface area (Å²) in [5, 5.41) is 8.72. The molecule has 1 heterocycles. The van der Waals surface area contributed by atoms with E-state index in [-0.39, 0.29) is 0 Å². The molecule has 0 radical (unpaired) electrons. The van der Waals surface area contributed by atoms with Gasteiger partial charge in [0.25, 0.3) is 0 Å². The van der Waals surface area contributed by atoms with Crippen molar-refractivity contribution >= 4 is 15.9 Å². The molecule has 0 atom stereocenters. The molecule has 1 aromatic rings. The zero-order chi connectivity index (χ0) is 7.56. The largest absolute Gasteiger partial charge is 0.249 e. The molecular weight excluding hydrogens is 194 g/mol. The van der Waals surface area contributed by atoms with E-state index < -0.39 is 0 Å². The molecule has 4 heteroatoms. The summed E-state index contributed by atoms with van der Waals surface area (Å²) in [4.78, 5) is 0. The summed E-state index contributed by atoms with van der Waals surface area (Å²) in [6.07, 6.45) is 0. The molecule has 10 heavy (non-hydrogen) atoms. The van der Waals surface area contributed by atoms with Gasteiger partial charge in [0.15, 0.2) is 0 Å². The Kier molecular flexibility index (Phi) is 2.43. The van der Waals surface area contributed by atoms with Crippen LogP contribution in [0.2, 0.25) is 0 Å². The minimum Gasteiger partial charge on any atom is -0.249 e. The Balaban J connectivity index is 3.01. The van der Waals surface area contributed by atoms with Crippen molar-refractivity contribution in [2.45, 2.75) is 25.7 Å². The monoisotopic (exact) mass is 203 g/mol. The number of rotatable bonds is 2. The highest BCUT2D eigenvalue weighted by Crippen LogP contribution is 2.07. The molecule has 0 amide bonds. The minimum atomic E-state index is 0.833. The maximum absolute atomic E-state index is 3.94. The standard InChI is InChI=1S/C6H10BrN3/c1-3-10-6(4-7)5(2)8-9-10/h3-4H2,1-2H3. The third-order valence-electron chi connectivity index (χ3n) is 1.46. The Labute approximate surface area is 68.6 Å². The molecule has 1 rings (SSSR count). The first-order chi connectivity index (χ1) is 4.79. The van der Waals surface area contributed by atoms with Crippen LogP contribution in [-0.2, 0) is 11.9 Å². The van der Waals surface area contributed by atoms with Crippen LogP contribution in [0.1, 0.15) is 18.3 Å². The van der Waals surface area contributed by atoms with Crippen molar-refractivity contribution in [3.8, 4) is 0 Å². The van der Waals surface area contributed by atoms with Crippen molar-refractivity contribution in [2.75, 3.05) is 0 Å². The fraction of sp³-hybridized carbons (Fsp3) is 0.667. The van der Waals surface area contributed by atoms with E-state index in [4.69, 9.17) is 0 Å². The smallest absolute Gasteiger partial charge is 0.0837 e. The van der Waals surface area contributed by atoms with E-state index in [0.29, 0.717) is 0 Å². The van der Waals surface area contributed by atoms with Gasteiger partial charge in [-0.3, -0.25) is 0 Å². The van der Waals surface area contributed by atoms with E-state index in [1.807, 2.05) is 11.6 Å². The number of alkyl halides is 1. The lowest BCUT2D eigenvalue weighted by Gasteiger charge is -1.97. The van der Waals surface area contributed by atoms with Gasteiger partial charge in [-0.25, -0.2) is 4.68 Å². The van der Waals surface area contributed by atoms with Crippen LogP contribution in [0.4, 0.5) is 0 Å². The zero-order valence-corrected chi connectivity index (χ0v) is 7.72. The van der Waals surface area contributed by atoms with Crippen LogP contribution in [0.15, 0.2) is 0 Å². The summed E-state index contributed by atoms with van der Waals surface area (Å²) in [5.41, 5.74) is 2.18. The Morgan fingerprint density at radius 2 is 2.30 bits per heavy atom. The van der Waals surface area contributed by atoms with Crippen molar-refractivity contribution in [1.29, 1.82) is 0 Å². The van der Waals surface area contributed by atoms with Crippen LogP contribution in [0.3, 0.4) is 0 Å². The second kappa shape index (κ2) is 3.14. The van der Waals surface area contributed by atoms with Crippen molar-refractivity contribution in [2.24, 2.45) is 0 Å². The van der Waals surface area contributed by atoms with E-state index in [1.165, 1.54) is 5.69 Å². The Morgan fingerprint density at radius 1 is 1.60 bits per heavy atom. The van der Waals surface area contributed by atoms with Crippen LogP contribution in [0, 0.1) is 6.92 Å². The van der Waals surface area contributed by atoms with E-state index >= 15 is 0 Å². The lowest BCUT2D eigenvalue weighted by molar-refractivity contribution is 0.610. The van der Waals surface area contributed by atoms with Gasteiger partial charge in [-0.05, 0) is 13.8 Å². The summed E-state index contributed by atoms with van der Waals surface area (Å²) in [6.45, 7) is 4.91. The van der Waals surface area contributed by atoms with E-state index in [2.05, 4.69) is 33.2 Å². The second-order valence-electron chi connectivity index (χ2n) is 2.07. The molecule has 56 valence electrons. The molecule has 0 aliphatic heterocycles. The van der Waals surface area contributed by atoms with Crippen LogP contribution < -0.4 is 0 Å². The van der Waals surface area contributed by atoms with E-state index in [9.17, 15) is 0 Å². The first-order valence-corrected chi connectivity index (χ1v) is 4.36. The van der Waals surface area contributed by atoms with Gasteiger partial charge in [0, 0.05) is 11.9 Å². The first kappa shape index (κ1) is 7.72. The third-order valence-corrected chi connectivity index (χ3v) is 1.99. The number of aryl methyl sites for hydroxylation is 2. The molecule has 1 aromatic heterocycles. The van der Waals surface area contributed by atoms with Gasteiger partial charge in [0.2, 0.25) is 0 Å². The van der Waals surface area contributed by atoms with Gasteiger partial charge in [0.05, 0.1) is 11.4 Å². The number of hydrogen-bond donors (Lipinski definition) is 0. The van der Waals surface area contributed by atoms with Crippen LogP contribution in [-0.4, -0.2) is 15.0 Å². The fourth-order valence-electron chi connectivity index (χ4n) is 0.839. The van der Waals surface area contributed by atoms with Crippen molar-refractivity contribution in [3.05, 3.63) is 11.4 Å². The second-order valence-corrected chi connectivity index (χ2v) is 2.63. The molecule has 0 aromatic carbocycles. The lowest BCUT2D eigenvalue weighted by Crippen LogP contribution is -2.00. The normalized spacial score (nSPS) is 10.3. The molecule has 0 N–H and O–H groups in total. The first-order valence-electron chi connectivity index (χ1n) is 3.24. The van der Waals surface area contributed by atoms with E-state index in [0.717, 1.165) is 17.6 Å². The Bertz CT molecular complexity index is 219. The molecule has 0 aliphatic carbocycles. The molecule has 3 nitrogen and oxygen atoms in total. The maximum Gasteiger partial charge on any atom is 0.0837 e. The molecule has 0 saturated carbocycles. The van der Waals surface area contributed by atoms with Crippen molar-refractivity contribution in [3.63, 3.8) is 0 Å². The van der Waals surface area contributed by atoms with Crippen LogP contribution >= 0.6 is 15.9 Å². The number of hydrogen-bond acceptors (Lipinski definition) is 2. The summed E-state index contributed by atoms with van der Waals surface area (Å²) >= 11 is 3.38. The lowest BCUT2D eigenvalue weighted by atomic mass is 10.4. The highest BCUT2D eigenvalue weighted by molar-refractivity contribution is 9.08. The zero-order valence-electron chi connectivity index (χ0n) is 6.13. The summed E-state index contributed by atoms with van der Waals surface area (Å²) < 4.78 is 1.89. The van der Waals surface area contributed by atoms with Crippen LogP contribution in [0.5, 0.6) is 0 Å². The SMILES string of the molecule is CCn1nnc(C)c1CBr. The Morgan fingerprint density at radius 3 is 2.70 bits per heavy atom. The van der Waals surface area contributed by atoms with Gasteiger partial charge >= 0.3 is 0 Å². The van der Waals surface area contributed by atoms with Gasteiger partial charge in [-0.15, -0.1) is 5.10 Å². The number of nitrogens with zero attached hydrogens (tertiary/aromatic N) is 3. The molecule has 0 unspecified atom stereocenters. The molecular formula is C6H10BrN3. The fourth-order valence-corrected chi connectivity index (χ4v) is 1.53. The summed E-state index contributed by atoms with van der Waals surface area (Å²) in [6, 6.07) is 0. The van der Waals surface area contributed by atoms with Gasteiger partial charge < -0.3 is 0 Å². The third kappa shape index (κ3) is 1.21. The molecule has 0 fully saturated rings. The van der Waals surface area contributed by atoms with E-state index in [1.54, 1.807) is 0 Å². The van der Waals surface area contributed by atoms with Crippen LogP contribution in [0.25, 0.3) is 0 Å². The minimum absolute atomic E-state index is 0.833. The Hall–Kier alpha value is -0.380. The maximum atomic E-state index is 3.94. The number of halogens is 1. The quantitative estimate of drug-likeness (QED) is 0.683. The predicted octanol–water partition coefficient (Wildman–Crippen LogP) is 1.50. The average Bonchev–Trinajstić information content (AvgIpc) is 2.30. The average molecular weight is 204 g/mol. The van der Waals surface area contributed by atoms with Gasteiger partial charge in [-0.1, -0.05) is 21.1 Å². The van der Waals surface area contributed by atoms with Crippen molar-refractivity contribution < 1.29 is 0 Å². The van der Waals surface area contributed by atoms with Gasteiger partial charge in [-0.2, -0.15) is 0 Å². The topological polar surface area (TPSA) is 30.7 Å².